The summed E-state index contributed by atoms with van der Waals surface area (Å²) in [6.45, 7) is 4.45. The highest BCUT2D eigenvalue weighted by Crippen LogP contribution is 2.52. The molecule has 5 nitrogen and oxygen atoms in total. The number of rotatable bonds is 9. The summed E-state index contributed by atoms with van der Waals surface area (Å²) < 4.78 is 17.5. The number of para-hydroxylation sites is 2. The van der Waals surface area contributed by atoms with Crippen molar-refractivity contribution in [3.05, 3.63) is 71.8 Å². The Hall–Kier alpha value is -2.34. The largest absolute Gasteiger partial charge is 0.489 e. The summed E-state index contributed by atoms with van der Waals surface area (Å²) in [4.78, 5) is 0. The average molecular weight is 439 g/mol. The lowest BCUT2D eigenvalue weighted by Gasteiger charge is -2.30. The van der Waals surface area contributed by atoms with Crippen molar-refractivity contribution in [2.75, 3.05) is 13.7 Å². The summed E-state index contributed by atoms with van der Waals surface area (Å²) in [5.41, 5.74) is 1.55. The fraction of sp³-hybridized carbons (Fsp3) is 0.481. The molecule has 5 heteroatoms. The molecule has 2 aromatic carbocycles. The van der Waals surface area contributed by atoms with E-state index in [2.05, 4.69) is 18.2 Å². The smallest absolute Gasteiger partial charge is 0.133 e. The van der Waals surface area contributed by atoms with Crippen molar-refractivity contribution in [3.8, 4) is 11.5 Å². The van der Waals surface area contributed by atoms with Gasteiger partial charge in [0.25, 0.3) is 0 Å². The van der Waals surface area contributed by atoms with Crippen LogP contribution in [0.25, 0.3) is 0 Å². The molecule has 0 amide bonds. The molecule has 0 saturated heterocycles. The van der Waals surface area contributed by atoms with Crippen LogP contribution in [0.1, 0.15) is 43.7 Å². The molecule has 2 N–H and O–H groups in total. The van der Waals surface area contributed by atoms with Crippen LogP contribution in [0.4, 0.5) is 0 Å². The van der Waals surface area contributed by atoms with Gasteiger partial charge in [-0.1, -0.05) is 48.6 Å². The maximum Gasteiger partial charge on any atom is 0.133 e. The Bertz CT molecular complexity index is 923. The molecule has 2 aromatic rings. The van der Waals surface area contributed by atoms with Crippen LogP contribution in [0.3, 0.4) is 0 Å². The van der Waals surface area contributed by atoms with Gasteiger partial charge in [0.05, 0.1) is 6.10 Å². The summed E-state index contributed by atoms with van der Waals surface area (Å²) in [6.07, 6.45) is 4.79. The second kappa shape index (κ2) is 9.65. The lowest BCUT2D eigenvalue weighted by atomic mass is 9.86. The third-order valence-electron chi connectivity index (χ3n) is 6.64. The van der Waals surface area contributed by atoms with Gasteiger partial charge in [0.1, 0.15) is 29.3 Å². The molecule has 0 radical (unpaired) electrons. The first kappa shape index (κ1) is 22.8. The minimum absolute atomic E-state index is 0.0380. The first-order valence-corrected chi connectivity index (χ1v) is 11.5. The monoisotopic (exact) mass is 438 g/mol. The molecule has 32 heavy (non-hydrogen) atoms. The number of fused-ring (bicyclic) bond motifs is 3. The number of aryl methyl sites for hydroxylation is 1. The molecular formula is C27H34O5. The van der Waals surface area contributed by atoms with Gasteiger partial charge in [-0.15, -0.1) is 0 Å². The van der Waals surface area contributed by atoms with Gasteiger partial charge < -0.3 is 24.4 Å². The molecule has 1 fully saturated rings. The van der Waals surface area contributed by atoms with Crippen molar-refractivity contribution < 1.29 is 24.4 Å². The van der Waals surface area contributed by atoms with Gasteiger partial charge in [-0.25, -0.2) is 0 Å². The van der Waals surface area contributed by atoms with E-state index in [4.69, 9.17) is 14.2 Å². The van der Waals surface area contributed by atoms with E-state index in [1.807, 2.05) is 50.3 Å². The van der Waals surface area contributed by atoms with Crippen LogP contribution in [0.2, 0.25) is 0 Å². The predicted octanol–water partition coefficient (Wildman–Crippen LogP) is 4.27. The molecule has 5 atom stereocenters. The number of hydrogen-bond donors (Lipinski definition) is 2. The summed E-state index contributed by atoms with van der Waals surface area (Å²) >= 11 is 0. The molecule has 1 aliphatic heterocycles. The Kier molecular flexibility index (Phi) is 6.89. The van der Waals surface area contributed by atoms with Gasteiger partial charge in [0.15, 0.2) is 0 Å². The van der Waals surface area contributed by atoms with Crippen LogP contribution >= 0.6 is 0 Å². The molecule has 1 heterocycles. The lowest BCUT2D eigenvalue weighted by Crippen LogP contribution is -2.41. The van der Waals surface area contributed by atoms with E-state index in [-0.39, 0.29) is 17.9 Å². The van der Waals surface area contributed by atoms with E-state index in [1.165, 1.54) is 5.56 Å². The van der Waals surface area contributed by atoms with Gasteiger partial charge in [-0.05, 0) is 44.4 Å². The number of methoxy groups -OCH3 is 1. The van der Waals surface area contributed by atoms with E-state index >= 15 is 0 Å². The first-order valence-electron chi connectivity index (χ1n) is 11.5. The molecule has 4 rings (SSSR count). The van der Waals surface area contributed by atoms with Gasteiger partial charge in [-0.3, -0.25) is 0 Å². The second-order valence-electron chi connectivity index (χ2n) is 9.34. The van der Waals surface area contributed by atoms with Crippen molar-refractivity contribution >= 4 is 0 Å². The van der Waals surface area contributed by atoms with Gasteiger partial charge in [-0.2, -0.15) is 0 Å². The maximum absolute atomic E-state index is 10.8. The van der Waals surface area contributed by atoms with Crippen molar-refractivity contribution in [3.63, 3.8) is 0 Å². The highest BCUT2D eigenvalue weighted by Gasteiger charge is 2.49. The van der Waals surface area contributed by atoms with E-state index in [9.17, 15) is 10.2 Å². The van der Waals surface area contributed by atoms with Gasteiger partial charge in [0, 0.05) is 37.5 Å². The molecule has 0 spiro atoms. The second-order valence-corrected chi connectivity index (χ2v) is 9.34. The molecule has 0 bridgehead atoms. The number of aliphatic hydroxyl groups is 2. The molecule has 1 aliphatic carbocycles. The SMILES string of the molecule is COCCCc1cccc2c1O[C@H]1C[C@@H](O)[C@H](/C=C/[C@@H](O)C(C)(C)Oc3ccccc3)[C@@H]21. The highest BCUT2D eigenvalue weighted by molar-refractivity contribution is 5.49. The maximum atomic E-state index is 10.8. The minimum atomic E-state index is -0.823. The van der Waals surface area contributed by atoms with Gasteiger partial charge in [0.2, 0.25) is 0 Å². The number of hydrogen-bond acceptors (Lipinski definition) is 5. The summed E-state index contributed by atoms with van der Waals surface area (Å²) in [5.74, 6) is 1.66. The standard InChI is InChI=1S/C27H34O5/c1-27(2,32-19-11-5-4-6-12-19)24(29)15-14-20-22(28)17-23-25(20)21-13-7-9-18(26(21)31-23)10-8-16-30-3/h4-7,9,11-15,20,22-25,28-29H,8,10,16-17H2,1-3H3/b15-14+/t20-,22+,23-,24+,25-/m0/s1. The van der Waals surface area contributed by atoms with E-state index in [0.717, 1.165) is 30.8 Å². The Morgan fingerprint density at radius 2 is 1.94 bits per heavy atom. The predicted molar refractivity (Wildman–Crippen MR) is 124 cm³/mol. The van der Waals surface area contributed by atoms with E-state index in [0.29, 0.717) is 12.2 Å². The molecule has 0 aromatic heterocycles. The summed E-state index contributed by atoms with van der Waals surface area (Å²) in [7, 11) is 1.72. The fourth-order valence-electron chi connectivity index (χ4n) is 4.89. The van der Waals surface area contributed by atoms with Crippen molar-refractivity contribution in [2.24, 2.45) is 5.92 Å². The first-order chi connectivity index (χ1) is 15.4. The van der Waals surface area contributed by atoms with Crippen LogP contribution in [0.15, 0.2) is 60.7 Å². The number of aliphatic hydroxyl groups excluding tert-OH is 2. The summed E-state index contributed by atoms with van der Waals surface area (Å²) in [5, 5.41) is 21.6. The van der Waals surface area contributed by atoms with Crippen LogP contribution in [0.5, 0.6) is 11.5 Å². The van der Waals surface area contributed by atoms with E-state index in [1.54, 1.807) is 13.2 Å². The van der Waals surface area contributed by atoms with Gasteiger partial charge >= 0.3 is 0 Å². The minimum Gasteiger partial charge on any atom is -0.489 e. The van der Waals surface area contributed by atoms with Crippen LogP contribution in [-0.2, 0) is 11.2 Å². The molecule has 172 valence electrons. The third kappa shape index (κ3) is 4.70. The lowest BCUT2D eigenvalue weighted by molar-refractivity contribution is -0.00221. The normalized spacial score (nSPS) is 25.4. The van der Waals surface area contributed by atoms with Crippen molar-refractivity contribution in [1.29, 1.82) is 0 Å². The van der Waals surface area contributed by atoms with Crippen LogP contribution in [-0.4, -0.2) is 47.8 Å². The van der Waals surface area contributed by atoms with E-state index < -0.39 is 17.8 Å². The van der Waals surface area contributed by atoms with Crippen molar-refractivity contribution in [2.45, 2.75) is 62.9 Å². The quantitative estimate of drug-likeness (QED) is 0.452. The third-order valence-corrected chi connectivity index (χ3v) is 6.64. The Labute approximate surface area is 190 Å². The Morgan fingerprint density at radius 3 is 2.69 bits per heavy atom. The Morgan fingerprint density at radius 1 is 1.16 bits per heavy atom. The van der Waals surface area contributed by atoms with Crippen LogP contribution < -0.4 is 9.47 Å². The number of benzene rings is 2. The summed E-state index contributed by atoms with van der Waals surface area (Å²) in [6, 6.07) is 15.8. The zero-order valence-corrected chi connectivity index (χ0v) is 19.1. The van der Waals surface area contributed by atoms with Crippen LogP contribution in [0, 0.1) is 5.92 Å². The number of ether oxygens (including phenoxy) is 3. The highest BCUT2D eigenvalue weighted by atomic mass is 16.5. The Balaban J connectivity index is 1.49. The average Bonchev–Trinajstić information content (AvgIpc) is 3.28. The zero-order chi connectivity index (χ0) is 22.7. The zero-order valence-electron chi connectivity index (χ0n) is 19.1. The molecule has 2 aliphatic rings. The van der Waals surface area contributed by atoms with Crippen molar-refractivity contribution in [1.82, 2.24) is 0 Å². The molecule has 0 unspecified atom stereocenters. The topological polar surface area (TPSA) is 68.2 Å². The molecular weight excluding hydrogens is 404 g/mol. The fourth-order valence-corrected chi connectivity index (χ4v) is 4.89. The molecule has 1 saturated carbocycles.